The summed E-state index contributed by atoms with van der Waals surface area (Å²) in [6.45, 7) is 2.55. The zero-order chi connectivity index (χ0) is 15.9. The van der Waals surface area contributed by atoms with Crippen molar-refractivity contribution in [3.8, 4) is 0 Å². The molecule has 1 aliphatic rings. The lowest BCUT2D eigenvalue weighted by molar-refractivity contribution is -0.120. The smallest absolute Gasteiger partial charge is 0.226 e. The highest BCUT2D eigenvalue weighted by Crippen LogP contribution is 2.15. The summed E-state index contributed by atoms with van der Waals surface area (Å²) in [6.07, 6.45) is 4.35. The van der Waals surface area contributed by atoms with E-state index in [0.717, 1.165) is 36.6 Å². The van der Waals surface area contributed by atoms with Crippen molar-refractivity contribution in [2.75, 3.05) is 19.6 Å². The molecule has 4 nitrogen and oxygen atoms in total. The van der Waals surface area contributed by atoms with Crippen LogP contribution in [0.4, 0.5) is 0 Å². The quantitative estimate of drug-likeness (QED) is 0.801. The molecule has 5 heteroatoms. The normalized spacial score (nSPS) is 14.3. The molecule has 2 N–H and O–H groups in total. The van der Waals surface area contributed by atoms with E-state index in [4.69, 9.17) is 0 Å². The van der Waals surface area contributed by atoms with Gasteiger partial charge < -0.3 is 10.6 Å². The predicted octanol–water partition coefficient (Wildman–Crippen LogP) is 2.31. The van der Waals surface area contributed by atoms with Crippen LogP contribution < -0.4 is 10.6 Å². The number of carbonyl (C=O) groups excluding carboxylic acids is 1. The van der Waals surface area contributed by atoms with Crippen LogP contribution in [0.3, 0.4) is 0 Å². The number of nitrogens with one attached hydrogen (secondary N) is 2. The Morgan fingerprint density at radius 3 is 2.96 bits per heavy atom. The van der Waals surface area contributed by atoms with E-state index in [9.17, 15) is 4.79 Å². The highest BCUT2D eigenvalue weighted by Gasteiger charge is 2.09. The fourth-order valence-electron chi connectivity index (χ4n) is 2.55. The average Bonchev–Trinajstić information content (AvgIpc) is 3.02. The Bertz CT molecular complexity index is 679. The van der Waals surface area contributed by atoms with Gasteiger partial charge in [0.1, 0.15) is 0 Å². The van der Waals surface area contributed by atoms with Crippen LogP contribution in [0.5, 0.6) is 0 Å². The Balaban J connectivity index is 1.48. The van der Waals surface area contributed by atoms with Crippen LogP contribution >= 0.6 is 11.3 Å². The van der Waals surface area contributed by atoms with E-state index >= 15 is 0 Å². The van der Waals surface area contributed by atoms with Crippen LogP contribution in [0.2, 0.25) is 0 Å². The molecule has 0 fully saturated rings. The summed E-state index contributed by atoms with van der Waals surface area (Å²) in [5.74, 6) is 0.0426. The van der Waals surface area contributed by atoms with Crippen molar-refractivity contribution in [1.82, 2.24) is 15.6 Å². The molecule has 0 unspecified atom stereocenters. The third-order valence-corrected chi connectivity index (χ3v) is 4.71. The zero-order valence-electron chi connectivity index (χ0n) is 13.0. The monoisotopic (exact) mass is 327 g/mol. The van der Waals surface area contributed by atoms with Gasteiger partial charge >= 0.3 is 0 Å². The molecule has 2 heterocycles. The van der Waals surface area contributed by atoms with Gasteiger partial charge in [0, 0.05) is 24.9 Å². The topological polar surface area (TPSA) is 54.0 Å². The Hall–Kier alpha value is -1.98. The number of nitrogens with zero attached hydrogens (tertiary/aromatic N) is 1. The summed E-state index contributed by atoms with van der Waals surface area (Å²) in [4.78, 5) is 16.6. The lowest BCUT2D eigenvalue weighted by Crippen LogP contribution is -2.30. The van der Waals surface area contributed by atoms with Crippen molar-refractivity contribution in [1.29, 1.82) is 0 Å². The minimum absolute atomic E-state index is 0.0426. The predicted molar refractivity (Wildman–Crippen MR) is 93.6 cm³/mol. The first-order chi connectivity index (χ1) is 11.3. The van der Waals surface area contributed by atoms with Crippen LogP contribution in [0.15, 0.2) is 47.4 Å². The van der Waals surface area contributed by atoms with E-state index in [1.165, 1.54) is 11.1 Å². The van der Waals surface area contributed by atoms with Crippen molar-refractivity contribution in [3.05, 3.63) is 63.6 Å². The van der Waals surface area contributed by atoms with Gasteiger partial charge in [-0.3, -0.25) is 4.79 Å². The largest absolute Gasteiger partial charge is 0.352 e. The number of amides is 1. The summed E-state index contributed by atoms with van der Waals surface area (Å²) in [6, 6.07) is 10.3. The highest BCUT2D eigenvalue weighted by molar-refractivity contribution is 7.09. The first-order valence-corrected chi connectivity index (χ1v) is 8.80. The number of hydrogen-bond acceptors (Lipinski definition) is 4. The van der Waals surface area contributed by atoms with Crippen molar-refractivity contribution in [2.45, 2.75) is 19.3 Å². The Morgan fingerprint density at radius 2 is 2.17 bits per heavy atom. The molecule has 1 aliphatic heterocycles. The van der Waals surface area contributed by atoms with Gasteiger partial charge in [0.15, 0.2) is 0 Å². The van der Waals surface area contributed by atoms with E-state index in [1.807, 2.05) is 23.6 Å². The molecule has 1 aromatic carbocycles. The number of benzene rings is 1. The molecule has 120 valence electrons. The van der Waals surface area contributed by atoms with Gasteiger partial charge in [0.2, 0.25) is 5.91 Å². The second-order valence-electron chi connectivity index (χ2n) is 5.66. The molecule has 0 bridgehead atoms. The molecule has 0 aliphatic carbocycles. The number of hydrogen-bond donors (Lipinski definition) is 2. The van der Waals surface area contributed by atoms with E-state index in [2.05, 4.69) is 33.8 Å². The van der Waals surface area contributed by atoms with E-state index in [1.54, 1.807) is 11.3 Å². The Labute approximate surface area is 140 Å². The Morgan fingerprint density at radius 1 is 1.30 bits per heavy atom. The van der Waals surface area contributed by atoms with Gasteiger partial charge in [0.05, 0.1) is 17.1 Å². The van der Waals surface area contributed by atoms with Gasteiger partial charge in [-0.15, -0.1) is 11.3 Å². The molecule has 0 saturated carbocycles. The van der Waals surface area contributed by atoms with Gasteiger partial charge in [-0.1, -0.05) is 42.0 Å². The van der Waals surface area contributed by atoms with Crippen molar-refractivity contribution >= 4 is 17.2 Å². The van der Waals surface area contributed by atoms with Crippen molar-refractivity contribution in [3.63, 3.8) is 0 Å². The maximum absolute atomic E-state index is 12.0. The number of aromatic nitrogens is 1. The van der Waals surface area contributed by atoms with Gasteiger partial charge in [-0.05, 0) is 18.5 Å². The third-order valence-electron chi connectivity index (χ3n) is 3.81. The molecule has 2 aromatic rings. The minimum Gasteiger partial charge on any atom is -0.352 e. The van der Waals surface area contributed by atoms with Gasteiger partial charge in [0.25, 0.3) is 0 Å². The fourth-order valence-corrected chi connectivity index (χ4v) is 3.38. The zero-order valence-corrected chi connectivity index (χ0v) is 13.9. The second-order valence-corrected chi connectivity index (χ2v) is 6.61. The number of carbonyl (C=O) groups is 1. The molecule has 1 amide bonds. The van der Waals surface area contributed by atoms with Crippen LogP contribution in [-0.4, -0.2) is 30.5 Å². The highest BCUT2D eigenvalue weighted by atomic mass is 32.1. The van der Waals surface area contributed by atoms with Crippen molar-refractivity contribution in [2.24, 2.45) is 0 Å². The second kappa shape index (κ2) is 8.04. The molecule has 0 saturated heterocycles. The number of rotatable bonds is 6. The Kier molecular flexibility index (Phi) is 5.56. The summed E-state index contributed by atoms with van der Waals surface area (Å²) in [5, 5.41) is 9.30. The maximum atomic E-state index is 12.0. The third kappa shape index (κ3) is 5.01. The average molecular weight is 327 g/mol. The first kappa shape index (κ1) is 15.9. The minimum atomic E-state index is 0.0426. The molecular formula is C18H21N3OS. The molecule has 3 rings (SSSR count). The molecule has 0 atom stereocenters. The molecule has 0 spiro atoms. The molecule has 1 aromatic heterocycles. The van der Waals surface area contributed by atoms with Crippen LogP contribution in [0.1, 0.15) is 22.7 Å². The molecule has 23 heavy (non-hydrogen) atoms. The fraction of sp³-hybridized carbons (Fsp3) is 0.333. The standard InChI is InChI=1S/C18H21N3OS/c22-17(20-12-15-6-8-19-9-7-15)11-16-13-23-18(21-16)10-14-4-2-1-3-5-14/h1-6,13,19H,7-12H2,(H,20,22). The van der Waals surface area contributed by atoms with E-state index < -0.39 is 0 Å². The summed E-state index contributed by atoms with van der Waals surface area (Å²) in [5.41, 5.74) is 3.41. The summed E-state index contributed by atoms with van der Waals surface area (Å²) < 4.78 is 0. The molecule has 0 radical (unpaired) electrons. The lowest BCUT2D eigenvalue weighted by atomic mass is 10.1. The van der Waals surface area contributed by atoms with Crippen molar-refractivity contribution < 1.29 is 4.79 Å². The SMILES string of the molecule is O=C(Cc1csc(Cc2ccccc2)n1)NCC1=CCNCC1. The number of thiazole rings is 1. The van der Waals surface area contributed by atoms with E-state index in [-0.39, 0.29) is 5.91 Å². The van der Waals surface area contributed by atoms with Gasteiger partial charge in [-0.25, -0.2) is 4.98 Å². The van der Waals surface area contributed by atoms with E-state index in [0.29, 0.717) is 13.0 Å². The van der Waals surface area contributed by atoms with Crippen LogP contribution in [-0.2, 0) is 17.6 Å². The maximum Gasteiger partial charge on any atom is 0.226 e. The molecular weight excluding hydrogens is 306 g/mol. The van der Waals surface area contributed by atoms with Crippen LogP contribution in [0.25, 0.3) is 0 Å². The van der Waals surface area contributed by atoms with Gasteiger partial charge in [-0.2, -0.15) is 0 Å². The lowest BCUT2D eigenvalue weighted by Gasteiger charge is -2.14. The summed E-state index contributed by atoms with van der Waals surface area (Å²) >= 11 is 1.62. The van der Waals surface area contributed by atoms with Crippen LogP contribution in [0, 0.1) is 0 Å². The summed E-state index contributed by atoms with van der Waals surface area (Å²) in [7, 11) is 0. The first-order valence-electron chi connectivity index (χ1n) is 7.92.